The van der Waals surface area contributed by atoms with E-state index in [1.54, 1.807) is 4.31 Å². The molecule has 0 amide bonds. The monoisotopic (exact) mass is 350 g/mol. The van der Waals surface area contributed by atoms with Crippen LogP contribution in [0.15, 0.2) is 30.3 Å². The summed E-state index contributed by atoms with van der Waals surface area (Å²) in [6, 6.07) is 10.5. The Morgan fingerprint density at radius 2 is 1.50 bits per heavy atom. The van der Waals surface area contributed by atoms with Crippen molar-refractivity contribution in [2.45, 2.75) is 51.0 Å². The van der Waals surface area contributed by atoms with Crippen molar-refractivity contribution in [3.05, 3.63) is 35.9 Å². The molecule has 2 heterocycles. The first-order valence-corrected chi connectivity index (χ1v) is 11.0. The van der Waals surface area contributed by atoms with Gasteiger partial charge in [0.2, 0.25) is 10.0 Å². The van der Waals surface area contributed by atoms with Crippen LogP contribution in [-0.4, -0.2) is 55.6 Å². The number of hydrogen-bond donors (Lipinski definition) is 0. The number of nitrogens with zero attached hydrogens (tertiary/aromatic N) is 2. The van der Waals surface area contributed by atoms with Crippen molar-refractivity contribution >= 4 is 10.0 Å². The maximum Gasteiger partial charge on any atom is 0.214 e. The summed E-state index contributed by atoms with van der Waals surface area (Å²) in [7, 11) is -3.13. The predicted octanol–water partition coefficient (Wildman–Crippen LogP) is 2.90. The minimum atomic E-state index is -3.13. The smallest absolute Gasteiger partial charge is 0.214 e. The largest absolute Gasteiger partial charge is 0.300 e. The number of benzene rings is 1. The fourth-order valence-electron chi connectivity index (χ4n) is 3.97. The lowest BCUT2D eigenvalue weighted by atomic mass is 10.0. The first-order chi connectivity index (χ1) is 11.6. The second kappa shape index (κ2) is 8.45. The molecule has 0 unspecified atom stereocenters. The molecule has 0 radical (unpaired) electrons. The summed E-state index contributed by atoms with van der Waals surface area (Å²) in [6.07, 6.45) is 7.89. The molecule has 0 saturated carbocycles. The first-order valence-electron chi connectivity index (χ1n) is 9.41. The van der Waals surface area contributed by atoms with Crippen LogP contribution in [0.1, 0.15) is 44.1 Å². The Morgan fingerprint density at radius 3 is 2.12 bits per heavy atom. The molecule has 0 N–H and O–H groups in total. The molecule has 3 rings (SSSR count). The van der Waals surface area contributed by atoms with Gasteiger partial charge in [0.25, 0.3) is 0 Å². The number of sulfonamides is 1. The fraction of sp³-hybridized carbons (Fsp3) is 0.684. The number of aryl methyl sites for hydroxylation is 1. The molecule has 2 aliphatic rings. The van der Waals surface area contributed by atoms with Gasteiger partial charge in [-0.05, 0) is 50.8 Å². The Hall–Kier alpha value is -0.910. The zero-order chi connectivity index (χ0) is 16.8. The predicted molar refractivity (Wildman–Crippen MR) is 98.6 cm³/mol. The summed E-state index contributed by atoms with van der Waals surface area (Å²) < 4.78 is 26.9. The van der Waals surface area contributed by atoms with Crippen molar-refractivity contribution in [2.75, 3.05) is 31.9 Å². The van der Waals surface area contributed by atoms with E-state index in [9.17, 15) is 8.42 Å². The van der Waals surface area contributed by atoms with E-state index >= 15 is 0 Å². The Balaban J connectivity index is 1.49. The molecule has 2 fully saturated rings. The van der Waals surface area contributed by atoms with Crippen LogP contribution in [0.3, 0.4) is 0 Å². The van der Waals surface area contributed by atoms with Gasteiger partial charge in [0, 0.05) is 19.1 Å². The summed E-state index contributed by atoms with van der Waals surface area (Å²) >= 11 is 0. The lowest BCUT2D eigenvalue weighted by molar-refractivity contribution is 0.144. The molecular formula is C19H30N2O2S. The zero-order valence-electron chi connectivity index (χ0n) is 14.6. The van der Waals surface area contributed by atoms with Gasteiger partial charge in [-0.1, -0.05) is 43.2 Å². The van der Waals surface area contributed by atoms with E-state index in [-0.39, 0.29) is 5.75 Å². The van der Waals surface area contributed by atoms with E-state index in [1.807, 2.05) is 30.3 Å². The molecule has 5 heteroatoms. The average molecular weight is 351 g/mol. The third-order valence-electron chi connectivity index (χ3n) is 5.47. The van der Waals surface area contributed by atoms with Gasteiger partial charge in [0.1, 0.15) is 0 Å². The molecule has 0 aromatic heterocycles. The van der Waals surface area contributed by atoms with E-state index in [0.717, 1.165) is 18.4 Å². The SMILES string of the molecule is O=S(=O)(CCc1ccccc1)N1CCC(N2CCCCCC2)CC1. The summed E-state index contributed by atoms with van der Waals surface area (Å²) in [6.45, 7) is 3.79. The topological polar surface area (TPSA) is 40.6 Å². The maximum atomic E-state index is 12.6. The fourth-order valence-corrected chi connectivity index (χ4v) is 5.49. The minimum absolute atomic E-state index is 0.228. The van der Waals surface area contributed by atoms with E-state index in [4.69, 9.17) is 0 Å². The van der Waals surface area contributed by atoms with Gasteiger partial charge in [-0.2, -0.15) is 0 Å². The highest BCUT2D eigenvalue weighted by atomic mass is 32.2. The van der Waals surface area contributed by atoms with Gasteiger partial charge in [0.15, 0.2) is 0 Å². The molecule has 1 aromatic carbocycles. The standard InChI is InChI=1S/C19H30N2O2S/c22-24(23,17-12-18-8-4-3-5-9-18)21-15-10-19(11-16-21)20-13-6-1-2-7-14-20/h3-5,8-9,19H,1-2,6-7,10-17H2. The first kappa shape index (κ1) is 17.9. The van der Waals surface area contributed by atoms with Crippen LogP contribution >= 0.6 is 0 Å². The number of likely N-dealkylation sites (tertiary alicyclic amines) is 1. The molecule has 4 nitrogen and oxygen atoms in total. The van der Waals surface area contributed by atoms with Gasteiger partial charge >= 0.3 is 0 Å². The van der Waals surface area contributed by atoms with Crippen LogP contribution in [0.2, 0.25) is 0 Å². The normalized spacial score (nSPS) is 22.3. The summed E-state index contributed by atoms with van der Waals surface area (Å²) in [5.41, 5.74) is 1.10. The minimum Gasteiger partial charge on any atom is -0.300 e. The van der Waals surface area contributed by atoms with Crippen LogP contribution in [0, 0.1) is 0 Å². The molecule has 1 aromatic rings. The molecule has 0 spiro atoms. The van der Waals surface area contributed by atoms with Crippen molar-refractivity contribution in [3.8, 4) is 0 Å². The Bertz CT molecular complexity index is 587. The quantitative estimate of drug-likeness (QED) is 0.820. The third-order valence-corrected chi connectivity index (χ3v) is 7.34. The second-order valence-electron chi connectivity index (χ2n) is 7.13. The van der Waals surface area contributed by atoms with Crippen LogP contribution in [0.4, 0.5) is 0 Å². The highest BCUT2D eigenvalue weighted by Crippen LogP contribution is 2.22. The zero-order valence-corrected chi connectivity index (χ0v) is 15.4. The van der Waals surface area contributed by atoms with Gasteiger partial charge in [-0.25, -0.2) is 12.7 Å². The van der Waals surface area contributed by atoms with E-state index in [1.165, 1.54) is 38.8 Å². The molecule has 24 heavy (non-hydrogen) atoms. The molecule has 0 aliphatic carbocycles. The van der Waals surface area contributed by atoms with Crippen molar-refractivity contribution in [2.24, 2.45) is 0 Å². The van der Waals surface area contributed by atoms with Crippen molar-refractivity contribution in [3.63, 3.8) is 0 Å². The lowest BCUT2D eigenvalue weighted by Crippen LogP contribution is -2.47. The van der Waals surface area contributed by atoms with Crippen LogP contribution in [0.5, 0.6) is 0 Å². The molecular weight excluding hydrogens is 320 g/mol. The summed E-state index contributed by atoms with van der Waals surface area (Å²) in [5, 5.41) is 0. The highest BCUT2D eigenvalue weighted by Gasteiger charge is 2.30. The summed E-state index contributed by atoms with van der Waals surface area (Å²) in [5.74, 6) is 0.228. The Kier molecular flexibility index (Phi) is 6.31. The van der Waals surface area contributed by atoms with Crippen LogP contribution in [0.25, 0.3) is 0 Å². The van der Waals surface area contributed by atoms with Crippen molar-refractivity contribution in [1.82, 2.24) is 9.21 Å². The van der Waals surface area contributed by atoms with E-state index in [2.05, 4.69) is 4.90 Å². The van der Waals surface area contributed by atoms with Crippen LogP contribution < -0.4 is 0 Å². The summed E-state index contributed by atoms with van der Waals surface area (Å²) in [4.78, 5) is 2.61. The van der Waals surface area contributed by atoms with Gasteiger partial charge in [-0.3, -0.25) is 0 Å². The number of hydrogen-bond acceptors (Lipinski definition) is 3. The molecule has 2 saturated heterocycles. The van der Waals surface area contributed by atoms with Crippen molar-refractivity contribution < 1.29 is 8.42 Å². The molecule has 0 bridgehead atoms. The molecule has 2 aliphatic heterocycles. The molecule has 134 valence electrons. The van der Waals surface area contributed by atoms with Crippen LogP contribution in [-0.2, 0) is 16.4 Å². The van der Waals surface area contributed by atoms with Gasteiger partial charge in [0.05, 0.1) is 5.75 Å². The molecule has 0 atom stereocenters. The second-order valence-corrected chi connectivity index (χ2v) is 9.22. The number of rotatable bonds is 5. The maximum absolute atomic E-state index is 12.6. The highest BCUT2D eigenvalue weighted by molar-refractivity contribution is 7.89. The number of piperidine rings is 1. The van der Waals surface area contributed by atoms with E-state index in [0.29, 0.717) is 25.6 Å². The lowest BCUT2D eigenvalue weighted by Gasteiger charge is -2.37. The van der Waals surface area contributed by atoms with Gasteiger partial charge in [-0.15, -0.1) is 0 Å². The van der Waals surface area contributed by atoms with Gasteiger partial charge < -0.3 is 4.90 Å². The van der Waals surface area contributed by atoms with E-state index < -0.39 is 10.0 Å². The average Bonchev–Trinajstić information content (AvgIpc) is 2.91. The Morgan fingerprint density at radius 1 is 0.875 bits per heavy atom. The van der Waals surface area contributed by atoms with Crippen molar-refractivity contribution in [1.29, 1.82) is 0 Å². The third kappa shape index (κ3) is 4.80. The Labute approximate surface area is 146 Å².